The van der Waals surface area contributed by atoms with Gasteiger partial charge >= 0.3 is 0 Å². The Labute approximate surface area is 121 Å². The van der Waals surface area contributed by atoms with Crippen molar-refractivity contribution in [3.05, 3.63) is 0 Å². The van der Waals surface area contributed by atoms with Crippen molar-refractivity contribution < 1.29 is 0 Å². The van der Waals surface area contributed by atoms with E-state index in [-0.39, 0.29) is 0 Å². The predicted molar refractivity (Wildman–Crippen MR) is 85.7 cm³/mol. The number of nitrogens with one attached hydrogen (secondary N) is 1. The molecule has 1 fully saturated rings. The third-order valence-corrected chi connectivity index (χ3v) is 4.80. The van der Waals surface area contributed by atoms with Crippen LogP contribution in [0.3, 0.4) is 0 Å². The van der Waals surface area contributed by atoms with E-state index in [9.17, 15) is 0 Å². The van der Waals surface area contributed by atoms with Gasteiger partial charge in [-0.1, -0.05) is 39.0 Å². The second-order valence-corrected chi connectivity index (χ2v) is 6.59. The van der Waals surface area contributed by atoms with E-state index < -0.39 is 0 Å². The maximum Gasteiger partial charge on any atom is 0.0220 e. The molecule has 0 aromatic heterocycles. The van der Waals surface area contributed by atoms with Gasteiger partial charge in [-0.3, -0.25) is 4.90 Å². The number of rotatable bonds is 9. The molecule has 1 unspecified atom stereocenters. The van der Waals surface area contributed by atoms with Crippen LogP contribution in [-0.4, -0.2) is 37.1 Å². The minimum Gasteiger partial charge on any atom is -0.315 e. The number of hydrogen-bond acceptors (Lipinski definition) is 2. The van der Waals surface area contributed by atoms with Crippen molar-refractivity contribution in [1.29, 1.82) is 0 Å². The van der Waals surface area contributed by atoms with E-state index in [4.69, 9.17) is 0 Å². The lowest BCUT2D eigenvalue weighted by atomic mass is 9.83. The van der Waals surface area contributed by atoms with E-state index in [0.717, 1.165) is 5.92 Å². The van der Waals surface area contributed by atoms with Crippen molar-refractivity contribution >= 4 is 0 Å². The summed E-state index contributed by atoms with van der Waals surface area (Å²) in [5.41, 5.74) is 0. The Bertz CT molecular complexity index is 209. The van der Waals surface area contributed by atoms with E-state index in [2.05, 4.69) is 38.0 Å². The smallest absolute Gasteiger partial charge is 0.0220 e. The first kappa shape index (κ1) is 17.0. The zero-order valence-corrected chi connectivity index (χ0v) is 13.8. The van der Waals surface area contributed by atoms with Crippen LogP contribution < -0.4 is 5.32 Å². The molecular formula is C17H36N2. The van der Waals surface area contributed by atoms with E-state index in [0.29, 0.717) is 12.1 Å². The lowest BCUT2D eigenvalue weighted by Crippen LogP contribution is -2.47. The van der Waals surface area contributed by atoms with Gasteiger partial charge in [0.2, 0.25) is 0 Å². The van der Waals surface area contributed by atoms with E-state index >= 15 is 0 Å². The molecule has 0 bridgehead atoms. The number of nitrogens with zero attached hydrogens (tertiary/aromatic N) is 1. The van der Waals surface area contributed by atoms with Gasteiger partial charge in [0.15, 0.2) is 0 Å². The fourth-order valence-electron chi connectivity index (χ4n) is 3.39. The summed E-state index contributed by atoms with van der Waals surface area (Å²) >= 11 is 0. The molecule has 19 heavy (non-hydrogen) atoms. The van der Waals surface area contributed by atoms with Gasteiger partial charge in [0.1, 0.15) is 0 Å². The van der Waals surface area contributed by atoms with Crippen LogP contribution in [0.4, 0.5) is 0 Å². The Hall–Kier alpha value is -0.0800. The van der Waals surface area contributed by atoms with Crippen molar-refractivity contribution in [3.63, 3.8) is 0 Å². The molecule has 0 spiro atoms. The molecule has 0 aliphatic heterocycles. The van der Waals surface area contributed by atoms with Gasteiger partial charge in [0, 0.05) is 18.6 Å². The van der Waals surface area contributed by atoms with Gasteiger partial charge in [-0.05, 0) is 52.6 Å². The topological polar surface area (TPSA) is 15.3 Å². The van der Waals surface area contributed by atoms with Crippen molar-refractivity contribution in [3.8, 4) is 0 Å². The second-order valence-electron chi connectivity index (χ2n) is 6.59. The average Bonchev–Trinajstić information content (AvgIpc) is 2.43. The molecule has 0 aromatic rings. The van der Waals surface area contributed by atoms with Crippen LogP contribution in [0.5, 0.6) is 0 Å². The van der Waals surface area contributed by atoms with Crippen LogP contribution in [0.1, 0.15) is 72.1 Å². The summed E-state index contributed by atoms with van der Waals surface area (Å²) in [5.74, 6) is 0.908. The van der Waals surface area contributed by atoms with Crippen molar-refractivity contribution in [2.45, 2.75) is 84.2 Å². The SMILES string of the molecule is CCCCCN(CC(NC)C1CCCCC1)C(C)C. The third kappa shape index (κ3) is 6.27. The first-order valence-corrected chi connectivity index (χ1v) is 8.60. The predicted octanol–water partition coefficient (Wildman–Crippen LogP) is 4.06. The normalized spacial score (nSPS) is 19.3. The molecule has 0 heterocycles. The van der Waals surface area contributed by atoms with Gasteiger partial charge in [-0.25, -0.2) is 0 Å². The monoisotopic (exact) mass is 268 g/mol. The summed E-state index contributed by atoms with van der Waals surface area (Å²) in [5, 5.41) is 3.61. The lowest BCUT2D eigenvalue weighted by Gasteiger charge is -2.36. The highest BCUT2D eigenvalue weighted by atomic mass is 15.2. The van der Waals surface area contributed by atoms with Crippen LogP contribution in [0.15, 0.2) is 0 Å². The summed E-state index contributed by atoms with van der Waals surface area (Å²) in [6.45, 7) is 9.50. The van der Waals surface area contributed by atoms with Crippen LogP contribution >= 0.6 is 0 Å². The maximum atomic E-state index is 3.61. The van der Waals surface area contributed by atoms with Gasteiger partial charge in [0.05, 0.1) is 0 Å². The summed E-state index contributed by atoms with van der Waals surface area (Å²) in [4.78, 5) is 2.69. The summed E-state index contributed by atoms with van der Waals surface area (Å²) in [7, 11) is 2.16. The number of unbranched alkanes of at least 4 members (excludes halogenated alkanes) is 2. The van der Waals surface area contributed by atoms with Gasteiger partial charge in [0.25, 0.3) is 0 Å². The van der Waals surface area contributed by atoms with Crippen LogP contribution in [0, 0.1) is 5.92 Å². The zero-order valence-electron chi connectivity index (χ0n) is 13.8. The molecule has 0 saturated heterocycles. The standard InChI is InChI=1S/C17H36N2/c1-5-6-10-13-19(15(2)3)14-17(18-4)16-11-8-7-9-12-16/h15-18H,5-14H2,1-4H3. The first-order valence-electron chi connectivity index (χ1n) is 8.60. The van der Waals surface area contributed by atoms with E-state index in [1.807, 2.05) is 0 Å². The fraction of sp³-hybridized carbons (Fsp3) is 1.00. The maximum absolute atomic E-state index is 3.61. The van der Waals surface area contributed by atoms with Crippen molar-refractivity contribution in [2.24, 2.45) is 5.92 Å². The fourth-order valence-corrected chi connectivity index (χ4v) is 3.39. The highest BCUT2D eigenvalue weighted by Crippen LogP contribution is 2.27. The molecular weight excluding hydrogens is 232 g/mol. The van der Waals surface area contributed by atoms with Crippen molar-refractivity contribution in [1.82, 2.24) is 10.2 Å². The highest BCUT2D eigenvalue weighted by Gasteiger charge is 2.24. The molecule has 1 aliphatic rings. The van der Waals surface area contributed by atoms with Crippen LogP contribution in [0.25, 0.3) is 0 Å². The molecule has 0 amide bonds. The Balaban J connectivity index is 2.43. The molecule has 0 aromatic carbocycles. The van der Waals surface area contributed by atoms with Gasteiger partial charge < -0.3 is 5.32 Å². The number of likely N-dealkylation sites (N-methyl/N-ethyl adjacent to an activating group) is 1. The third-order valence-electron chi connectivity index (χ3n) is 4.80. The molecule has 2 nitrogen and oxygen atoms in total. The minimum atomic E-state index is 0.677. The Morgan fingerprint density at radius 3 is 2.32 bits per heavy atom. The molecule has 1 atom stereocenters. The van der Waals surface area contributed by atoms with Crippen LogP contribution in [-0.2, 0) is 0 Å². The molecule has 0 radical (unpaired) electrons. The summed E-state index contributed by atoms with van der Waals surface area (Å²) in [6, 6.07) is 1.38. The second kappa shape index (κ2) is 9.77. The lowest BCUT2D eigenvalue weighted by molar-refractivity contribution is 0.158. The van der Waals surface area contributed by atoms with E-state index in [1.165, 1.54) is 64.5 Å². The molecule has 2 heteroatoms. The first-order chi connectivity index (χ1) is 9.19. The Kier molecular flexibility index (Phi) is 8.72. The molecule has 1 aliphatic carbocycles. The minimum absolute atomic E-state index is 0.677. The molecule has 114 valence electrons. The molecule has 1 rings (SSSR count). The summed E-state index contributed by atoms with van der Waals surface area (Å²) < 4.78 is 0. The highest BCUT2D eigenvalue weighted by molar-refractivity contribution is 4.82. The largest absolute Gasteiger partial charge is 0.315 e. The van der Waals surface area contributed by atoms with Crippen LogP contribution in [0.2, 0.25) is 0 Å². The quantitative estimate of drug-likeness (QED) is 0.635. The zero-order chi connectivity index (χ0) is 14.1. The molecule has 1 N–H and O–H groups in total. The Morgan fingerprint density at radius 1 is 1.11 bits per heavy atom. The molecule has 1 saturated carbocycles. The average molecular weight is 268 g/mol. The van der Waals surface area contributed by atoms with Gasteiger partial charge in [-0.2, -0.15) is 0 Å². The summed E-state index contributed by atoms with van der Waals surface area (Å²) in [6.07, 6.45) is 11.3. The Morgan fingerprint density at radius 2 is 1.79 bits per heavy atom. The van der Waals surface area contributed by atoms with Gasteiger partial charge in [-0.15, -0.1) is 0 Å². The van der Waals surface area contributed by atoms with E-state index in [1.54, 1.807) is 0 Å². The number of hydrogen-bond donors (Lipinski definition) is 1. The van der Waals surface area contributed by atoms with Crippen molar-refractivity contribution in [2.75, 3.05) is 20.1 Å².